The second kappa shape index (κ2) is 8.58. The standard InChI is InChI=1S/C21H21N3O7S/c25-20(15-4-5-15)22-10-12-23(13-11-22)21(26)16-6-8-18(9-7-16)31-32(29,30)19-3-1-2-17(14-19)24(27)28/h1-3,6-9,14-15H,4-5,10-13H2. The lowest BCUT2D eigenvalue weighted by Gasteiger charge is -2.35. The average molecular weight is 459 g/mol. The van der Waals surface area contributed by atoms with Crippen molar-refractivity contribution in [2.24, 2.45) is 5.92 Å². The Bertz CT molecular complexity index is 1150. The third kappa shape index (κ3) is 4.72. The summed E-state index contributed by atoms with van der Waals surface area (Å²) in [6.45, 7) is 1.89. The Balaban J connectivity index is 1.38. The normalized spacial score (nSPS) is 16.5. The minimum Gasteiger partial charge on any atom is -0.379 e. The number of carbonyl (C=O) groups is 2. The number of nitro groups is 1. The van der Waals surface area contributed by atoms with Crippen molar-refractivity contribution >= 4 is 27.6 Å². The van der Waals surface area contributed by atoms with E-state index in [0.717, 1.165) is 18.9 Å². The van der Waals surface area contributed by atoms with Crippen LogP contribution in [0.3, 0.4) is 0 Å². The second-order valence-corrected chi connectivity index (χ2v) is 9.25. The van der Waals surface area contributed by atoms with E-state index < -0.39 is 15.0 Å². The number of hydrogen-bond acceptors (Lipinski definition) is 7. The number of carbonyl (C=O) groups excluding carboxylic acids is 2. The van der Waals surface area contributed by atoms with Crippen molar-refractivity contribution in [3.05, 3.63) is 64.2 Å². The highest BCUT2D eigenvalue weighted by Crippen LogP contribution is 2.31. The highest BCUT2D eigenvalue weighted by molar-refractivity contribution is 7.87. The maximum atomic E-state index is 12.7. The van der Waals surface area contributed by atoms with E-state index in [1.54, 1.807) is 9.80 Å². The Hall–Kier alpha value is -3.47. The quantitative estimate of drug-likeness (QED) is 0.367. The first-order valence-corrected chi connectivity index (χ1v) is 11.5. The lowest BCUT2D eigenvalue weighted by atomic mass is 10.1. The SMILES string of the molecule is O=C(c1ccc(OS(=O)(=O)c2cccc([N+](=O)[O-])c2)cc1)N1CCN(C(=O)C2CC2)CC1. The summed E-state index contributed by atoms with van der Waals surface area (Å²) >= 11 is 0. The molecule has 1 saturated heterocycles. The highest BCUT2D eigenvalue weighted by Gasteiger charge is 2.35. The molecular weight excluding hydrogens is 438 g/mol. The van der Waals surface area contributed by atoms with Crippen LogP contribution >= 0.6 is 0 Å². The fourth-order valence-electron chi connectivity index (χ4n) is 3.48. The largest absolute Gasteiger partial charge is 0.379 e. The van der Waals surface area contributed by atoms with Gasteiger partial charge in [-0.1, -0.05) is 6.07 Å². The van der Waals surface area contributed by atoms with Gasteiger partial charge in [-0.2, -0.15) is 8.42 Å². The number of rotatable bonds is 6. The molecule has 2 fully saturated rings. The summed E-state index contributed by atoms with van der Waals surface area (Å²) in [5, 5.41) is 10.9. The Morgan fingerprint density at radius 2 is 1.59 bits per heavy atom. The minimum absolute atomic E-state index is 0.0205. The summed E-state index contributed by atoms with van der Waals surface area (Å²) in [6.07, 6.45) is 1.90. The molecule has 2 aromatic rings. The molecule has 11 heteroatoms. The topological polar surface area (TPSA) is 127 Å². The molecule has 2 aromatic carbocycles. The van der Waals surface area contributed by atoms with Gasteiger partial charge >= 0.3 is 10.1 Å². The fourth-order valence-corrected chi connectivity index (χ4v) is 4.45. The predicted molar refractivity (Wildman–Crippen MR) is 113 cm³/mol. The molecule has 0 atom stereocenters. The zero-order valence-corrected chi connectivity index (χ0v) is 17.9. The lowest BCUT2D eigenvalue weighted by Crippen LogP contribution is -2.51. The van der Waals surface area contributed by atoms with Crippen LogP contribution in [0.2, 0.25) is 0 Å². The summed E-state index contributed by atoms with van der Waals surface area (Å²) < 4.78 is 29.9. The van der Waals surface area contributed by atoms with Gasteiger partial charge in [0.25, 0.3) is 11.6 Å². The van der Waals surface area contributed by atoms with Crippen molar-refractivity contribution in [3.63, 3.8) is 0 Å². The zero-order chi connectivity index (χ0) is 22.9. The van der Waals surface area contributed by atoms with Crippen LogP contribution in [0.4, 0.5) is 5.69 Å². The van der Waals surface area contributed by atoms with Crippen molar-refractivity contribution in [1.29, 1.82) is 0 Å². The molecule has 1 aliphatic carbocycles. The summed E-state index contributed by atoms with van der Waals surface area (Å²) in [4.78, 5) is 38.2. The Morgan fingerprint density at radius 3 is 2.19 bits per heavy atom. The van der Waals surface area contributed by atoms with Crippen molar-refractivity contribution in [2.75, 3.05) is 26.2 Å². The van der Waals surface area contributed by atoms with Gasteiger partial charge in [-0.05, 0) is 43.2 Å². The fraction of sp³-hybridized carbons (Fsp3) is 0.333. The first-order chi connectivity index (χ1) is 15.2. The number of nitrogens with zero attached hydrogens (tertiary/aromatic N) is 3. The number of piperazine rings is 1. The molecule has 168 valence electrons. The molecular formula is C21H21N3O7S. The van der Waals surface area contributed by atoms with Crippen LogP contribution in [0.5, 0.6) is 5.75 Å². The summed E-state index contributed by atoms with van der Waals surface area (Å²) in [6, 6.07) is 10.2. The van der Waals surface area contributed by atoms with Gasteiger partial charge in [0.15, 0.2) is 0 Å². The molecule has 1 heterocycles. The minimum atomic E-state index is -4.28. The van der Waals surface area contributed by atoms with E-state index in [1.165, 1.54) is 42.5 Å². The van der Waals surface area contributed by atoms with Crippen molar-refractivity contribution in [2.45, 2.75) is 17.7 Å². The molecule has 32 heavy (non-hydrogen) atoms. The van der Waals surface area contributed by atoms with Gasteiger partial charge in [0.2, 0.25) is 5.91 Å². The van der Waals surface area contributed by atoms with Crippen molar-refractivity contribution in [3.8, 4) is 5.75 Å². The van der Waals surface area contributed by atoms with E-state index in [-0.39, 0.29) is 34.1 Å². The van der Waals surface area contributed by atoms with Gasteiger partial charge in [0, 0.05) is 49.8 Å². The first-order valence-electron chi connectivity index (χ1n) is 10.1. The van der Waals surface area contributed by atoms with E-state index in [4.69, 9.17) is 4.18 Å². The average Bonchev–Trinajstić information content (AvgIpc) is 3.64. The van der Waals surface area contributed by atoms with E-state index >= 15 is 0 Å². The first kappa shape index (κ1) is 21.8. The van der Waals surface area contributed by atoms with Crippen LogP contribution in [0.25, 0.3) is 0 Å². The van der Waals surface area contributed by atoms with Gasteiger partial charge in [0.1, 0.15) is 10.6 Å². The van der Waals surface area contributed by atoms with Crippen LogP contribution in [0.15, 0.2) is 53.4 Å². The summed E-state index contributed by atoms with van der Waals surface area (Å²) in [7, 11) is -4.28. The predicted octanol–water partition coefficient (Wildman–Crippen LogP) is 2.06. The summed E-state index contributed by atoms with van der Waals surface area (Å²) in [5.74, 6) is 0.0937. The number of nitro benzene ring substituents is 1. The van der Waals surface area contributed by atoms with Crippen LogP contribution in [0, 0.1) is 16.0 Å². The third-order valence-electron chi connectivity index (χ3n) is 5.43. The Morgan fingerprint density at radius 1 is 0.969 bits per heavy atom. The molecule has 4 rings (SSSR count). The van der Waals surface area contributed by atoms with E-state index in [9.17, 15) is 28.1 Å². The number of benzene rings is 2. The van der Waals surface area contributed by atoms with E-state index in [2.05, 4.69) is 0 Å². The smallest absolute Gasteiger partial charge is 0.339 e. The molecule has 0 spiro atoms. The molecule has 0 unspecified atom stereocenters. The van der Waals surface area contributed by atoms with Crippen LogP contribution in [0.1, 0.15) is 23.2 Å². The second-order valence-electron chi connectivity index (χ2n) is 7.71. The maximum absolute atomic E-state index is 12.7. The molecule has 10 nitrogen and oxygen atoms in total. The molecule has 2 aliphatic rings. The molecule has 0 N–H and O–H groups in total. The molecule has 1 aliphatic heterocycles. The zero-order valence-electron chi connectivity index (χ0n) is 17.0. The molecule has 0 radical (unpaired) electrons. The third-order valence-corrected chi connectivity index (χ3v) is 6.67. The van der Waals surface area contributed by atoms with Crippen molar-refractivity contribution in [1.82, 2.24) is 9.80 Å². The molecule has 1 saturated carbocycles. The number of non-ortho nitro benzene ring substituents is 1. The monoisotopic (exact) mass is 459 g/mol. The maximum Gasteiger partial charge on any atom is 0.339 e. The van der Waals surface area contributed by atoms with Gasteiger partial charge < -0.3 is 14.0 Å². The lowest BCUT2D eigenvalue weighted by molar-refractivity contribution is -0.385. The molecule has 0 aromatic heterocycles. The van der Waals surface area contributed by atoms with Crippen LogP contribution < -0.4 is 4.18 Å². The van der Waals surface area contributed by atoms with Gasteiger partial charge in [-0.15, -0.1) is 0 Å². The highest BCUT2D eigenvalue weighted by atomic mass is 32.2. The van der Waals surface area contributed by atoms with E-state index in [1.807, 2.05) is 0 Å². The van der Waals surface area contributed by atoms with Crippen LogP contribution in [-0.2, 0) is 14.9 Å². The summed E-state index contributed by atoms with van der Waals surface area (Å²) in [5.41, 5.74) is 0.00149. The van der Waals surface area contributed by atoms with Crippen molar-refractivity contribution < 1.29 is 27.1 Å². The number of hydrogen-bond donors (Lipinski definition) is 0. The van der Waals surface area contributed by atoms with Gasteiger partial charge in [-0.3, -0.25) is 19.7 Å². The van der Waals surface area contributed by atoms with Gasteiger partial charge in [-0.25, -0.2) is 0 Å². The Labute approximate surface area is 184 Å². The van der Waals surface area contributed by atoms with E-state index in [0.29, 0.717) is 31.7 Å². The number of amides is 2. The Kier molecular flexibility index (Phi) is 5.83. The van der Waals surface area contributed by atoms with Crippen LogP contribution in [-0.4, -0.2) is 61.1 Å². The molecule has 2 amide bonds. The molecule has 0 bridgehead atoms. The van der Waals surface area contributed by atoms with Gasteiger partial charge in [0.05, 0.1) is 4.92 Å².